The third-order valence-electron chi connectivity index (χ3n) is 5.71. The molecular weight excluding hydrogens is 488 g/mol. The number of rotatable bonds is 6. The van der Waals surface area contributed by atoms with Crippen molar-refractivity contribution >= 4 is 40.1 Å². The predicted octanol–water partition coefficient (Wildman–Crippen LogP) is 5.16. The van der Waals surface area contributed by atoms with Gasteiger partial charge in [0.25, 0.3) is 0 Å². The number of ether oxygens (including phenoxy) is 2. The summed E-state index contributed by atoms with van der Waals surface area (Å²) in [6.45, 7) is 2.28. The van der Waals surface area contributed by atoms with Gasteiger partial charge in [0.05, 0.1) is 17.9 Å². The average Bonchev–Trinajstić information content (AvgIpc) is 3.42. The van der Waals surface area contributed by atoms with Crippen molar-refractivity contribution in [3.05, 3.63) is 83.4 Å². The lowest BCUT2D eigenvalue weighted by molar-refractivity contribution is -0.128. The number of thioether (sulfide) groups is 1. The Labute approximate surface area is 210 Å². The molecule has 0 aliphatic carbocycles. The third-order valence-corrected chi connectivity index (χ3v) is 6.88. The van der Waals surface area contributed by atoms with Gasteiger partial charge >= 0.3 is 0 Å². The molecule has 5 rings (SSSR count). The quantitative estimate of drug-likeness (QED) is 0.497. The zero-order valence-electron chi connectivity index (χ0n) is 19.2. The number of fused-ring (bicyclic) bond motifs is 1. The highest BCUT2D eigenvalue weighted by Crippen LogP contribution is 2.36. The van der Waals surface area contributed by atoms with Crippen molar-refractivity contribution in [2.45, 2.75) is 25.1 Å². The van der Waals surface area contributed by atoms with Crippen LogP contribution < -0.4 is 14.8 Å². The van der Waals surface area contributed by atoms with Crippen LogP contribution in [0.4, 0.5) is 20.2 Å². The molecule has 2 heterocycles. The highest BCUT2D eigenvalue weighted by atomic mass is 32.2. The Morgan fingerprint density at radius 3 is 2.72 bits per heavy atom. The van der Waals surface area contributed by atoms with Crippen molar-refractivity contribution in [3.8, 4) is 11.5 Å². The molecule has 0 unspecified atom stereocenters. The van der Waals surface area contributed by atoms with Crippen molar-refractivity contribution in [1.82, 2.24) is 4.90 Å². The first kappa shape index (κ1) is 23.8. The Morgan fingerprint density at radius 1 is 1.11 bits per heavy atom. The number of carbonyl (C=O) groups excluding carboxylic acids is 2. The number of amidine groups is 1. The van der Waals surface area contributed by atoms with E-state index >= 15 is 0 Å². The number of benzene rings is 3. The fraction of sp³-hybridized carbons (Fsp3) is 0.192. The Morgan fingerprint density at radius 2 is 1.92 bits per heavy atom. The number of anilines is 1. The van der Waals surface area contributed by atoms with E-state index in [1.165, 1.54) is 16.7 Å². The lowest BCUT2D eigenvalue weighted by Gasteiger charge is -2.17. The second-order valence-corrected chi connectivity index (χ2v) is 9.45. The van der Waals surface area contributed by atoms with E-state index in [0.717, 1.165) is 23.3 Å². The highest BCUT2D eigenvalue weighted by molar-refractivity contribution is 8.15. The molecule has 1 saturated heterocycles. The normalized spacial score (nSPS) is 17.6. The summed E-state index contributed by atoms with van der Waals surface area (Å²) in [5.74, 6) is -1.26. The molecule has 2 aliphatic heterocycles. The van der Waals surface area contributed by atoms with Crippen LogP contribution in [0.1, 0.15) is 17.5 Å². The van der Waals surface area contributed by atoms with E-state index in [1.54, 1.807) is 6.07 Å². The van der Waals surface area contributed by atoms with Crippen molar-refractivity contribution in [1.29, 1.82) is 0 Å². The molecule has 1 N–H and O–H groups in total. The summed E-state index contributed by atoms with van der Waals surface area (Å²) in [7, 11) is 0. The van der Waals surface area contributed by atoms with Gasteiger partial charge in [-0.2, -0.15) is 0 Å². The van der Waals surface area contributed by atoms with Crippen LogP contribution in [0.25, 0.3) is 0 Å². The van der Waals surface area contributed by atoms with Gasteiger partial charge in [-0.3, -0.25) is 14.5 Å². The summed E-state index contributed by atoms with van der Waals surface area (Å²) in [5, 5.41) is 2.11. The molecule has 1 atom stereocenters. The first-order chi connectivity index (χ1) is 17.4. The van der Waals surface area contributed by atoms with Crippen molar-refractivity contribution in [3.63, 3.8) is 0 Å². The fourth-order valence-electron chi connectivity index (χ4n) is 3.84. The topological polar surface area (TPSA) is 80.2 Å². The van der Waals surface area contributed by atoms with Crippen molar-refractivity contribution in [2.24, 2.45) is 4.99 Å². The first-order valence-electron chi connectivity index (χ1n) is 11.1. The maximum atomic E-state index is 14.0. The molecule has 0 aromatic heterocycles. The second kappa shape index (κ2) is 9.98. The van der Waals surface area contributed by atoms with Crippen molar-refractivity contribution < 1.29 is 27.8 Å². The molecule has 2 amide bonds. The standard InChI is InChI=1S/C26H21F2N3O4S/c1-15-4-2-3-5-19(15)30-26-31(13-16-6-9-21-22(10-16)35-14-34-21)25(33)23(36-26)12-24(32)29-20-8-7-17(27)11-18(20)28/h2-11,23H,12-14H2,1H3,(H,29,32)/t23-/m1/s1. The van der Waals surface area contributed by atoms with Crippen LogP contribution in [0.5, 0.6) is 11.5 Å². The predicted molar refractivity (Wildman–Crippen MR) is 132 cm³/mol. The van der Waals surface area contributed by atoms with Gasteiger partial charge < -0.3 is 14.8 Å². The summed E-state index contributed by atoms with van der Waals surface area (Å²) < 4.78 is 38.0. The zero-order chi connectivity index (χ0) is 25.2. The number of carbonyl (C=O) groups is 2. The van der Waals surface area contributed by atoms with E-state index in [0.29, 0.717) is 28.4 Å². The Kier molecular flexibility index (Phi) is 6.60. The van der Waals surface area contributed by atoms with Crippen LogP contribution in [0.15, 0.2) is 65.7 Å². The minimum Gasteiger partial charge on any atom is -0.454 e. The fourth-order valence-corrected chi connectivity index (χ4v) is 4.99. The summed E-state index contributed by atoms with van der Waals surface area (Å²) in [6.07, 6.45) is -0.204. The van der Waals surface area contributed by atoms with Gasteiger partial charge in [-0.1, -0.05) is 36.0 Å². The van der Waals surface area contributed by atoms with E-state index < -0.39 is 22.8 Å². The van der Waals surface area contributed by atoms with Crippen LogP contribution >= 0.6 is 11.8 Å². The number of halogens is 2. The van der Waals surface area contributed by atoms with Crippen LogP contribution in [-0.2, 0) is 16.1 Å². The molecule has 184 valence electrons. The number of aryl methyl sites for hydroxylation is 1. The number of para-hydroxylation sites is 1. The molecule has 10 heteroatoms. The zero-order valence-corrected chi connectivity index (χ0v) is 20.0. The SMILES string of the molecule is Cc1ccccc1N=C1S[C@H](CC(=O)Nc2ccc(F)cc2F)C(=O)N1Cc1ccc2c(c1)OCO2. The maximum absolute atomic E-state index is 14.0. The number of amides is 2. The number of hydrogen-bond donors (Lipinski definition) is 1. The highest BCUT2D eigenvalue weighted by Gasteiger charge is 2.39. The summed E-state index contributed by atoms with van der Waals surface area (Å²) in [5.41, 5.74) is 2.31. The van der Waals surface area contributed by atoms with E-state index in [1.807, 2.05) is 43.3 Å². The van der Waals surface area contributed by atoms with E-state index in [9.17, 15) is 18.4 Å². The lowest BCUT2D eigenvalue weighted by Crippen LogP contribution is -2.33. The Hall–Kier alpha value is -3.92. The lowest BCUT2D eigenvalue weighted by atomic mass is 10.1. The minimum atomic E-state index is -0.889. The smallest absolute Gasteiger partial charge is 0.242 e. The Bertz CT molecular complexity index is 1380. The summed E-state index contributed by atoms with van der Waals surface area (Å²) in [4.78, 5) is 32.3. The molecule has 2 aliphatic rings. The minimum absolute atomic E-state index is 0.142. The molecule has 3 aromatic carbocycles. The molecule has 0 radical (unpaired) electrons. The monoisotopic (exact) mass is 509 g/mol. The van der Waals surface area contributed by atoms with Gasteiger partial charge in [-0.15, -0.1) is 0 Å². The second-order valence-electron chi connectivity index (χ2n) is 8.28. The van der Waals surface area contributed by atoms with Gasteiger partial charge in [0, 0.05) is 12.5 Å². The molecule has 3 aromatic rings. The largest absolute Gasteiger partial charge is 0.454 e. The van der Waals surface area contributed by atoms with E-state index in [4.69, 9.17) is 14.5 Å². The van der Waals surface area contributed by atoms with Crippen molar-refractivity contribution in [2.75, 3.05) is 12.1 Å². The number of nitrogens with zero attached hydrogens (tertiary/aromatic N) is 2. The molecule has 0 spiro atoms. The van der Waals surface area contributed by atoms with Gasteiger partial charge in [-0.25, -0.2) is 13.8 Å². The van der Waals surface area contributed by atoms with Gasteiger partial charge in [0.15, 0.2) is 16.7 Å². The van der Waals surface area contributed by atoms with Gasteiger partial charge in [-0.05, 0) is 48.4 Å². The summed E-state index contributed by atoms with van der Waals surface area (Å²) >= 11 is 1.18. The molecule has 1 fully saturated rings. The van der Waals surface area contributed by atoms with E-state index in [-0.39, 0.29) is 31.4 Å². The molecule has 0 bridgehead atoms. The van der Waals surface area contributed by atoms with Crippen LogP contribution in [0, 0.1) is 18.6 Å². The van der Waals surface area contributed by atoms with Crippen LogP contribution in [0.3, 0.4) is 0 Å². The molecule has 0 saturated carbocycles. The van der Waals surface area contributed by atoms with Crippen LogP contribution in [0.2, 0.25) is 0 Å². The first-order valence-corrected chi connectivity index (χ1v) is 12.0. The molecule has 36 heavy (non-hydrogen) atoms. The number of aliphatic imine (C=N–C) groups is 1. The summed E-state index contributed by atoms with van der Waals surface area (Å²) in [6, 6.07) is 15.8. The van der Waals surface area contributed by atoms with E-state index in [2.05, 4.69) is 5.32 Å². The molecule has 7 nitrogen and oxygen atoms in total. The van der Waals surface area contributed by atoms with Gasteiger partial charge in [0.2, 0.25) is 18.6 Å². The number of hydrogen-bond acceptors (Lipinski definition) is 6. The average molecular weight is 510 g/mol. The number of nitrogens with one attached hydrogen (secondary N) is 1. The Balaban J connectivity index is 1.38. The molecular formula is C26H21F2N3O4S. The van der Waals surface area contributed by atoms with Gasteiger partial charge in [0.1, 0.15) is 16.9 Å². The van der Waals surface area contributed by atoms with Crippen LogP contribution in [-0.4, -0.2) is 33.9 Å². The maximum Gasteiger partial charge on any atom is 0.242 e. The third kappa shape index (κ3) is 5.03.